The molecule has 7 nitrogen and oxygen atoms in total. The van der Waals surface area contributed by atoms with Gasteiger partial charge in [0.15, 0.2) is 0 Å². The maximum atomic E-state index is 11.3. The van der Waals surface area contributed by atoms with Crippen LogP contribution in [0.25, 0.3) is 0 Å². The van der Waals surface area contributed by atoms with Crippen molar-refractivity contribution in [3.8, 4) is 0 Å². The van der Waals surface area contributed by atoms with Crippen LogP contribution in [0, 0.1) is 0 Å². The predicted molar refractivity (Wildman–Crippen MR) is 63.8 cm³/mol. The molecule has 1 fully saturated rings. The van der Waals surface area contributed by atoms with Crippen LogP contribution in [0.15, 0.2) is 0 Å². The summed E-state index contributed by atoms with van der Waals surface area (Å²) in [6.07, 6.45) is 0.0447. The van der Waals surface area contributed by atoms with Gasteiger partial charge >= 0.3 is 5.97 Å². The van der Waals surface area contributed by atoms with E-state index < -0.39 is 5.97 Å². The third-order valence-corrected chi connectivity index (χ3v) is 3.14. The molecule has 0 atom stereocenters. The van der Waals surface area contributed by atoms with Gasteiger partial charge in [-0.2, -0.15) is 0 Å². The molecule has 0 bridgehead atoms. The Balaban J connectivity index is 2.17. The van der Waals surface area contributed by atoms with Crippen LogP contribution >= 0.6 is 11.8 Å². The molecule has 0 aromatic rings. The summed E-state index contributed by atoms with van der Waals surface area (Å²) in [4.78, 5) is 45.6. The number of methoxy groups -OCH3 is 1. The normalized spacial score (nSPS) is 14.8. The van der Waals surface area contributed by atoms with Crippen molar-refractivity contribution in [1.29, 1.82) is 0 Å². The lowest BCUT2D eigenvalue weighted by molar-refractivity contribution is -0.142. The lowest BCUT2D eigenvalue weighted by Gasteiger charge is -2.12. The van der Waals surface area contributed by atoms with Gasteiger partial charge < -0.3 is 10.1 Å². The number of nitrogens with zero attached hydrogens (tertiary/aromatic N) is 1. The minimum absolute atomic E-state index is 0.0137. The molecular formula is C10H14N2O5S. The molecule has 0 spiro atoms. The summed E-state index contributed by atoms with van der Waals surface area (Å²) in [5.74, 6) is -0.845. The average molecular weight is 274 g/mol. The zero-order valence-corrected chi connectivity index (χ0v) is 10.7. The van der Waals surface area contributed by atoms with Crippen molar-refractivity contribution in [2.24, 2.45) is 0 Å². The van der Waals surface area contributed by atoms with Crippen LogP contribution in [-0.2, 0) is 19.1 Å². The van der Waals surface area contributed by atoms with Gasteiger partial charge in [0, 0.05) is 19.5 Å². The average Bonchev–Trinajstić information content (AvgIpc) is 2.67. The molecule has 1 saturated heterocycles. The second-order valence-corrected chi connectivity index (χ2v) is 4.45. The Hall–Kier alpha value is -1.57. The van der Waals surface area contributed by atoms with E-state index in [1.807, 2.05) is 0 Å². The highest BCUT2D eigenvalue weighted by Crippen LogP contribution is 2.17. The van der Waals surface area contributed by atoms with Crippen LogP contribution in [-0.4, -0.2) is 53.9 Å². The van der Waals surface area contributed by atoms with E-state index >= 15 is 0 Å². The molecule has 100 valence electrons. The summed E-state index contributed by atoms with van der Waals surface area (Å²) in [5.41, 5.74) is 0. The fraction of sp³-hybridized carbons (Fsp3) is 0.600. The van der Waals surface area contributed by atoms with Crippen molar-refractivity contribution in [3.05, 3.63) is 0 Å². The quantitative estimate of drug-likeness (QED) is 0.671. The highest BCUT2D eigenvalue weighted by Gasteiger charge is 2.29. The molecule has 0 aromatic heterocycles. The lowest BCUT2D eigenvalue weighted by Crippen LogP contribution is -2.37. The highest BCUT2D eigenvalue weighted by atomic mass is 32.2. The number of hydrogen-bond donors (Lipinski definition) is 1. The van der Waals surface area contributed by atoms with E-state index in [-0.39, 0.29) is 48.7 Å². The topological polar surface area (TPSA) is 92.8 Å². The zero-order chi connectivity index (χ0) is 13.5. The summed E-state index contributed by atoms with van der Waals surface area (Å²) < 4.78 is 4.40. The number of rotatable bonds is 6. The van der Waals surface area contributed by atoms with Crippen molar-refractivity contribution in [1.82, 2.24) is 10.2 Å². The Labute approximate surface area is 108 Å². The van der Waals surface area contributed by atoms with Crippen molar-refractivity contribution in [3.63, 3.8) is 0 Å². The van der Waals surface area contributed by atoms with Gasteiger partial charge in [-0.1, -0.05) is 11.8 Å². The number of carbonyl (C=O) groups excluding carboxylic acids is 4. The predicted octanol–water partition coefficient (Wildman–Crippen LogP) is -0.249. The Morgan fingerprint density at radius 3 is 2.67 bits per heavy atom. The largest absolute Gasteiger partial charge is 0.469 e. The maximum Gasteiger partial charge on any atom is 0.306 e. The number of carbonyl (C=O) groups is 4. The van der Waals surface area contributed by atoms with E-state index in [1.165, 1.54) is 7.11 Å². The Morgan fingerprint density at radius 1 is 1.39 bits per heavy atom. The van der Waals surface area contributed by atoms with E-state index in [0.29, 0.717) is 0 Å². The zero-order valence-electron chi connectivity index (χ0n) is 9.93. The number of imide groups is 1. The van der Waals surface area contributed by atoms with Gasteiger partial charge in [-0.3, -0.25) is 24.1 Å². The molecule has 1 rings (SSSR count). The minimum Gasteiger partial charge on any atom is -0.469 e. The Kier molecular flexibility index (Phi) is 5.63. The lowest BCUT2D eigenvalue weighted by atomic mass is 10.3. The van der Waals surface area contributed by atoms with E-state index in [1.54, 1.807) is 0 Å². The van der Waals surface area contributed by atoms with Gasteiger partial charge in [-0.15, -0.1) is 0 Å². The van der Waals surface area contributed by atoms with E-state index in [4.69, 9.17) is 0 Å². The first-order valence-corrected chi connectivity index (χ1v) is 6.33. The van der Waals surface area contributed by atoms with Gasteiger partial charge in [0.25, 0.3) is 5.24 Å². The summed E-state index contributed by atoms with van der Waals surface area (Å²) in [7, 11) is 1.25. The van der Waals surface area contributed by atoms with Crippen LogP contribution in [0.3, 0.4) is 0 Å². The van der Waals surface area contributed by atoms with Gasteiger partial charge in [0.2, 0.25) is 11.8 Å². The molecule has 1 N–H and O–H groups in total. The van der Waals surface area contributed by atoms with Gasteiger partial charge in [-0.25, -0.2) is 0 Å². The molecule has 3 amide bonds. The molecule has 1 aliphatic rings. The van der Waals surface area contributed by atoms with E-state index in [2.05, 4.69) is 10.1 Å². The third kappa shape index (κ3) is 4.36. The fourth-order valence-corrected chi connectivity index (χ4v) is 2.06. The Morgan fingerprint density at radius 2 is 2.11 bits per heavy atom. The van der Waals surface area contributed by atoms with Gasteiger partial charge in [0.1, 0.15) is 0 Å². The molecular weight excluding hydrogens is 260 g/mol. The van der Waals surface area contributed by atoms with Crippen LogP contribution in [0.5, 0.6) is 0 Å². The molecule has 0 unspecified atom stereocenters. The molecule has 0 saturated carbocycles. The highest BCUT2D eigenvalue weighted by molar-refractivity contribution is 8.14. The second-order valence-electron chi connectivity index (χ2n) is 3.53. The standard InChI is InChI=1S/C10H14N2O5S/c1-17-9(15)3-2-7(13)11-4-5-12-8(14)6-18-10(12)16/h2-6H2,1H3,(H,11,13). The summed E-state index contributed by atoms with van der Waals surface area (Å²) >= 11 is 0.953. The number of thioether (sulfide) groups is 1. The maximum absolute atomic E-state index is 11.3. The molecule has 0 aliphatic carbocycles. The number of amides is 3. The van der Waals surface area contributed by atoms with Gasteiger partial charge in [0.05, 0.1) is 19.3 Å². The summed E-state index contributed by atoms with van der Waals surface area (Å²) in [5, 5.41) is 2.24. The molecule has 1 aliphatic heterocycles. The number of nitrogens with one attached hydrogen (secondary N) is 1. The first kappa shape index (κ1) is 14.5. The molecule has 0 aromatic carbocycles. The van der Waals surface area contributed by atoms with Crippen LogP contribution in [0.1, 0.15) is 12.8 Å². The second kappa shape index (κ2) is 7.00. The smallest absolute Gasteiger partial charge is 0.306 e. The number of ether oxygens (including phenoxy) is 1. The fourth-order valence-electron chi connectivity index (χ4n) is 1.31. The molecule has 1 heterocycles. The minimum atomic E-state index is -0.452. The first-order valence-electron chi connectivity index (χ1n) is 5.35. The van der Waals surface area contributed by atoms with Crippen LogP contribution < -0.4 is 5.32 Å². The molecule has 0 radical (unpaired) electrons. The van der Waals surface area contributed by atoms with Crippen molar-refractivity contribution >= 4 is 34.8 Å². The van der Waals surface area contributed by atoms with E-state index in [9.17, 15) is 19.2 Å². The monoisotopic (exact) mass is 274 g/mol. The van der Waals surface area contributed by atoms with Crippen LogP contribution in [0.2, 0.25) is 0 Å². The van der Waals surface area contributed by atoms with Gasteiger partial charge in [-0.05, 0) is 0 Å². The summed E-state index contributed by atoms with van der Waals surface area (Å²) in [6.45, 7) is 0.354. The van der Waals surface area contributed by atoms with Crippen molar-refractivity contribution in [2.45, 2.75) is 12.8 Å². The first-order chi connectivity index (χ1) is 8.54. The molecule has 18 heavy (non-hydrogen) atoms. The molecule has 8 heteroatoms. The SMILES string of the molecule is COC(=O)CCC(=O)NCCN1C(=O)CSC1=O. The van der Waals surface area contributed by atoms with Crippen molar-refractivity contribution < 1.29 is 23.9 Å². The Bertz CT molecular complexity index is 355. The van der Waals surface area contributed by atoms with E-state index in [0.717, 1.165) is 16.7 Å². The number of hydrogen-bond acceptors (Lipinski definition) is 6. The van der Waals surface area contributed by atoms with Crippen molar-refractivity contribution in [2.75, 3.05) is 26.0 Å². The van der Waals surface area contributed by atoms with Crippen LogP contribution in [0.4, 0.5) is 4.79 Å². The summed E-state index contributed by atoms with van der Waals surface area (Å²) in [6, 6.07) is 0. The number of esters is 1. The third-order valence-electron chi connectivity index (χ3n) is 2.28.